The molecule has 0 bridgehead atoms. The number of thiazole rings is 1. The summed E-state index contributed by atoms with van der Waals surface area (Å²) in [5, 5.41) is 14.4. The highest BCUT2D eigenvalue weighted by Gasteiger charge is 2.10. The predicted octanol–water partition coefficient (Wildman–Crippen LogP) is 1.51. The van der Waals surface area contributed by atoms with Crippen LogP contribution < -0.4 is 5.32 Å². The quantitative estimate of drug-likeness (QED) is 0.839. The van der Waals surface area contributed by atoms with Crippen molar-refractivity contribution < 1.29 is 9.90 Å². The minimum absolute atomic E-state index is 0.00180. The van der Waals surface area contributed by atoms with Gasteiger partial charge in [-0.3, -0.25) is 9.78 Å². The van der Waals surface area contributed by atoms with E-state index in [9.17, 15) is 4.79 Å². The Bertz CT molecular complexity index is 685. The molecule has 2 aromatic heterocycles. The Labute approximate surface area is 127 Å². The van der Waals surface area contributed by atoms with Crippen LogP contribution in [0.2, 0.25) is 0 Å². The Morgan fingerprint density at radius 2 is 2.38 bits per heavy atom. The summed E-state index contributed by atoms with van der Waals surface area (Å²) in [6.45, 7) is 2.31. The predicted molar refractivity (Wildman–Crippen MR) is 80.8 cm³/mol. The van der Waals surface area contributed by atoms with E-state index in [1.165, 1.54) is 11.3 Å². The summed E-state index contributed by atoms with van der Waals surface area (Å²) in [6, 6.07) is 1.63. The van der Waals surface area contributed by atoms with Crippen molar-refractivity contribution in [1.29, 1.82) is 0 Å². The number of aryl methyl sites for hydroxylation is 1. The van der Waals surface area contributed by atoms with Gasteiger partial charge in [-0.2, -0.15) is 0 Å². The molecule has 0 spiro atoms. The normalized spacial score (nSPS) is 9.81. The van der Waals surface area contributed by atoms with E-state index in [4.69, 9.17) is 5.11 Å². The number of pyridine rings is 1. The van der Waals surface area contributed by atoms with Crippen LogP contribution >= 0.6 is 11.3 Å². The van der Waals surface area contributed by atoms with Gasteiger partial charge in [-0.15, -0.1) is 11.3 Å². The van der Waals surface area contributed by atoms with E-state index in [0.717, 1.165) is 10.7 Å². The van der Waals surface area contributed by atoms with Crippen molar-refractivity contribution in [2.45, 2.75) is 19.9 Å². The van der Waals surface area contributed by atoms with Gasteiger partial charge in [0.05, 0.1) is 24.3 Å². The minimum atomic E-state index is -0.210. The molecule has 0 aliphatic rings. The molecule has 0 atom stereocenters. The Morgan fingerprint density at radius 1 is 1.52 bits per heavy atom. The first kappa shape index (κ1) is 15.2. The molecule has 0 saturated heterocycles. The summed E-state index contributed by atoms with van der Waals surface area (Å²) in [5.41, 5.74) is 1.98. The lowest BCUT2D eigenvalue weighted by Gasteiger charge is -2.05. The van der Waals surface area contributed by atoms with Crippen molar-refractivity contribution in [3.8, 4) is 11.8 Å². The summed E-state index contributed by atoms with van der Waals surface area (Å²) in [4.78, 5) is 20.5. The van der Waals surface area contributed by atoms with Gasteiger partial charge in [0.15, 0.2) is 0 Å². The molecule has 0 radical (unpaired) electrons. The smallest absolute Gasteiger partial charge is 0.253 e. The molecule has 21 heavy (non-hydrogen) atoms. The maximum absolute atomic E-state index is 12.2. The van der Waals surface area contributed by atoms with Crippen LogP contribution in [0.4, 0.5) is 0 Å². The standard InChI is InChI=1S/C15H15N3O2S/c1-11-10-21-14(18-11)9-17-15(20)13-5-6-16-8-12(13)4-2-3-7-19/h5-6,8,10,19H,3,7,9H2,1H3,(H,17,20). The van der Waals surface area contributed by atoms with Crippen LogP contribution in [0, 0.1) is 18.8 Å². The third-order valence-corrected chi connectivity index (χ3v) is 3.56. The van der Waals surface area contributed by atoms with Crippen molar-refractivity contribution >= 4 is 17.2 Å². The van der Waals surface area contributed by atoms with E-state index in [1.807, 2.05) is 12.3 Å². The molecule has 2 N–H and O–H groups in total. The molecular weight excluding hydrogens is 286 g/mol. The molecular formula is C15H15N3O2S. The van der Waals surface area contributed by atoms with E-state index < -0.39 is 0 Å². The van der Waals surface area contributed by atoms with Crippen LogP contribution in [-0.4, -0.2) is 27.6 Å². The van der Waals surface area contributed by atoms with Crippen LogP contribution in [0.5, 0.6) is 0 Å². The maximum Gasteiger partial charge on any atom is 0.253 e. The van der Waals surface area contributed by atoms with Crippen LogP contribution in [0.15, 0.2) is 23.8 Å². The number of aliphatic hydroxyl groups excluding tert-OH is 1. The Morgan fingerprint density at radius 3 is 3.10 bits per heavy atom. The SMILES string of the molecule is Cc1csc(CNC(=O)c2ccncc2C#CCCO)n1. The first-order valence-electron chi connectivity index (χ1n) is 6.43. The molecule has 0 fully saturated rings. The largest absolute Gasteiger partial charge is 0.395 e. The van der Waals surface area contributed by atoms with Crippen molar-refractivity contribution in [3.63, 3.8) is 0 Å². The number of rotatable bonds is 4. The lowest BCUT2D eigenvalue weighted by Crippen LogP contribution is -2.23. The van der Waals surface area contributed by atoms with E-state index in [1.54, 1.807) is 18.5 Å². The van der Waals surface area contributed by atoms with Gasteiger partial charge in [0, 0.05) is 29.9 Å². The summed E-state index contributed by atoms with van der Waals surface area (Å²) >= 11 is 1.51. The summed E-state index contributed by atoms with van der Waals surface area (Å²) in [6.07, 6.45) is 3.47. The maximum atomic E-state index is 12.2. The van der Waals surface area contributed by atoms with E-state index >= 15 is 0 Å². The van der Waals surface area contributed by atoms with Crippen molar-refractivity contribution in [2.75, 3.05) is 6.61 Å². The highest BCUT2D eigenvalue weighted by molar-refractivity contribution is 7.09. The molecule has 0 unspecified atom stereocenters. The second kappa shape index (κ2) is 7.53. The number of nitrogens with one attached hydrogen (secondary N) is 1. The average Bonchev–Trinajstić information content (AvgIpc) is 2.91. The van der Waals surface area contributed by atoms with E-state index in [0.29, 0.717) is 24.1 Å². The fourth-order valence-corrected chi connectivity index (χ4v) is 2.35. The van der Waals surface area contributed by atoms with Crippen molar-refractivity contribution in [1.82, 2.24) is 15.3 Å². The fraction of sp³-hybridized carbons (Fsp3) is 0.267. The second-order valence-electron chi connectivity index (χ2n) is 4.26. The van der Waals surface area contributed by atoms with Gasteiger partial charge < -0.3 is 10.4 Å². The Hall–Kier alpha value is -2.23. The Kier molecular flexibility index (Phi) is 5.43. The second-order valence-corrected chi connectivity index (χ2v) is 5.20. The third-order valence-electron chi connectivity index (χ3n) is 2.59. The topological polar surface area (TPSA) is 75.1 Å². The van der Waals surface area contributed by atoms with E-state index in [-0.39, 0.29) is 12.5 Å². The van der Waals surface area contributed by atoms with Gasteiger partial charge in [-0.05, 0) is 13.0 Å². The molecule has 2 rings (SSSR count). The number of amides is 1. The average molecular weight is 301 g/mol. The third kappa shape index (κ3) is 4.38. The number of carbonyl (C=O) groups excluding carboxylic acids is 1. The molecule has 0 aliphatic carbocycles. The minimum Gasteiger partial charge on any atom is -0.395 e. The fourth-order valence-electron chi connectivity index (χ4n) is 1.64. The van der Waals surface area contributed by atoms with Crippen LogP contribution in [0.25, 0.3) is 0 Å². The first-order chi connectivity index (χ1) is 10.2. The zero-order valence-corrected chi connectivity index (χ0v) is 12.4. The Balaban J connectivity index is 2.07. The first-order valence-corrected chi connectivity index (χ1v) is 7.31. The van der Waals surface area contributed by atoms with Gasteiger partial charge in [0.1, 0.15) is 5.01 Å². The van der Waals surface area contributed by atoms with Crippen molar-refractivity contribution in [3.05, 3.63) is 45.7 Å². The summed E-state index contributed by atoms with van der Waals surface area (Å²) in [7, 11) is 0. The molecule has 2 aromatic rings. The number of aromatic nitrogens is 2. The van der Waals surface area contributed by atoms with Gasteiger partial charge in [-0.1, -0.05) is 11.8 Å². The molecule has 5 nitrogen and oxygen atoms in total. The number of hydrogen-bond donors (Lipinski definition) is 2. The van der Waals surface area contributed by atoms with Crippen LogP contribution in [0.3, 0.4) is 0 Å². The van der Waals surface area contributed by atoms with Gasteiger partial charge in [-0.25, -0.2) is 4.98 Å². The number of aliphatic hydroxyl groups is 1. The highest BCUT2D eigenvalue weighted by atomic mass is 32.1. The zero-order valence-electron chi connectivity index (χ0n) is 11.6. The molecule has 108 valence electrons. The van der Waals surface area contributed by atoms with Gasteiger partial charge in [0.2, 0.25) is 0 Å². The van der Waals surface area contributed by atoms with Crippen LogP contribution in [0.1, 0.15) is 33.0 Å². The zero-order chi connectivity index (χ0) is 15.1. The number of hydrogen-bond acceptors (Lipinski definition) is 5. The molecule has 0 aliphatic heterocycles. The highest BCUT2D eigenvalue weighted by Crippen LogP contribution is 2.09. The lowest BCUT2D eigenvalue weighted by molar-refractivity contribution is 0.0950. The van der Waals surface area contributed by atoms with Crippen molar-refractivity contribution in [2.24, 2.45) is 0 Å². The number of carbonyl (C=O) groups is 1. The van der Waals surface area contributed by atoms with E-state index in [2.05, 4.69) is 27.1 Å². The molecule has 0 saturated carbocycles. The molecule has 6 heteroatoms. The lowest BCUT2D eigenvalue weighted by atomic mass is 10.1. The van der Waals surface area contributed by atoms with Crippen LogP contribution in [-0.2, 0) is 6.54 Å². The molecule has 2 heterocycles. The summed E-state index contributed by atoms with van der Waals surface area (Å²) in [5.74, 6) is 5.43. The number of nitrogens with zero attached hydrogens (tertiary/aromatic N) is 2. The summed E-state index contributed by atoms with van der Waals surface area (Å²) < 4.78 is 0. The monoisotopic (exact) mass is 301 g/mol. The van der Waals surface area contributed by atoms with Gasteiger partial charge >= 0.3 is 0 Å². The molecule has 0 aromatic carbocycles. The molecule has 1 amide bonds. The van der Waals surface area contributed by atoms with Gasteiger partial charge in [0.25, 0.3) is 5.91 Å².